The normalized spacial score (nSPS) is 11.6. The Labute approximate surface area is 114 Å². The van der Waals surface area contributed by atoms with E-state index in [-0.39, 0.29) is 11.7 Å². The molecule has 5 heteroatoms. The highest BCUT2D eigenvalue weighted by Gasteiger charge is 2.09. The Morgan fingerprint density at radius 3 is 2.53 bits per heavy atom. The SMILES string of the molecule is Cc1ccc(C(N)=NO)c(Sc2ccc(F)cc2)c1. The highest BCUT2D eigenvalue weighted by molar-refractivity contribution is 7.99. The van der Waals surface area contributed by atoms with E-state index in [0.29, 0.717) is 5.56 Å². The van der Waals surface area contributed by atoms with E-state index in [1.807, 2.05) is 19.1 Å². The number of rotatable bonds is 3. The topological polar surface area (TPSA) is 58.6 Å². The second-order valence-electron chi connectivity index (χ2n) is 4.04. The molecule has 2 aromatic rings. The molecule has 0 aliphatic carbocycles. The van der Waals surface area contributed by atoms with Crippen LogP contribution in [0, 0.1) is 12.7 Å². The third-order valence-corrected chi connectivity index (χ3v) is 3.63. The summed E-state index contributed by atoms with van der Waals surface area (Å²) in [6.45, 7) is 1.96. The maximum absolute atomic E-state index is 12.9. The summed E-state index contributed by atoms with van der Waals surface area (Å²) >= 11 is 1.44. The molecule has 0 saturated carbocycles. The molecular weight excluding hydrogens is 263 g/mol. The van der Waals surface area contributed by atoms with Gasteiger partial charge in [-0.3, -0.25) is 0 Å². The van der Waals surface area contributed by atoms with Crippen LogP contribution in [0.5, 0.6) is 0 Å². The highest BCUT2D eigenvalue weighted by atomic mass is 32.2. The molecule has 2 rings (SSSR count). The lowest BCUT2D eigenvalue weighted by atomic mass is 10.1. The zero-order valence-corrected chi connectivity index (χ0v) is 11.1. The molecule has 0 aliphatic heterocycles. The molecule has 0 atom stereocenters. The summed E-state index contributed by atoms with van der Waals surface area (Å²) in [5.41, 5.74) is 7.37. The van der Waals surface area contributed by atoms with Crippen molar-refractivity contribution in [2.45, 2.75) is 16.7 Å². The molecule has 0 heterocycles. The third-order valence-electron chi connectivity index (χ3n) is 2.56. The first-order chi connectivity index (χ1) is 9.10. The predicted octanol–water partition coefficient (Wildman–Crippen LogP) is 3.38. The average molecular weight is 276 g/mol. The molecule has 3 N–H and O–H groups in total. The van der Waals surface area contributed by atoms with Gasteiger partial charge in [0.15, 0.2) is 5.84 Å². The van der Waals surface area contributed by atoms with Crippen molar-refractivity contribution in [2.75, 3.05) is 0 Å². The van der Waals surface area contributed by atoms with Crippen molar-refractivity contribution < 1.29 is 9.60 Å². The molecule has 2 aromatic carbocycles. The van der Waals surface area contributed by atoms with Crippen molar-refractivity contribution in [1.82, 2.24) is 0 Å². The quantitative estimate of drug-likeness (QED) is 0.391. The van der Waals surface area contributed by atoms with Gasteiger partial charge in [0.25, 0.3) is 0 Å². The van der Waals surface area contributed by atoms with E-state index in [9.17, 15) is 4.39 Å². The van der Waals surface area contributed by atoms with Gasteiger partial charge in [-0.1, -0.05) is 23.0 Å². The maximum Gasteiger partial charge on any atom is 0.171 e. The molecule has 3 nitrogen and oxygen atoms in total. The summed E-state index contributed by atoms with van der Waals surface area (Å²) in [4.78, 5) is 1.75. The molecule has 0 spiro atoms. The van der Waals surface area contributed by atoms with Crippen molar-refractivity contribution in [2.24, 2.45) is 10.9 Å². The Hall–Kier alpha value is -2.01. The summed E-state index contributed by atoms with van der Waals surface area (Å²) in [7, 11) is 0. The smallest absolute Gasteiger partial charge is 0.171 e. The molecule has 0 saturated heterocycles. The second kappa shape index (κ2) is 5.75. The molecule has 19 heavy (non-hydrogen) atoms. The Morgan fingerprint density at radius 1 is 1.21 bits per heavy atom. The van der Waals surface area contributed by atoms with Gasteiger partial charge in [-0.2, -0.15) is 0 Å². The molecule has 0 aromatic heterocycles. The van der Waals surface area contributed by atoms with Crippen molar-refractivity contribution >= 4 is 17.6 Å². The number of nitrogens with two attached hydrogens (primary N) is 1. The van der Waals surface area contributed by atoms with E-state index in [4.69, 9.17) is 10.9 Å². The number of aryl methyl sites for hydroxylation is 1. The molecule has 0 bridgehead atoms. The minimum absolute atomic E-state index is 0.0598. The lowest BCUT2D eigenvalue weighted by Crippen LogP contribution is -2.14. The molecule has 0 unspecified atom stereocenters. The van der Waals surface area contributed by atoms with Gasteiger partial charge in [0.1, 0.15) is 5.82 Å². The zero-order chi connectivity index (χ0) is 13.8. The monoisotopic (exact) mass is 276 g/mol. The van der Waals surface area contributed by atoms with Gasteiger partial charge in [0, 0.05) is 15.4 Å². The Kier molecular flexibility index (Phi) is 4.06. The van der Waals surface area contributed by atoms with Crippen LogP contribution in [0.1, 0.15) is 11.1 Å². The van der Waals surface area contributed by atoms with Crippen LogP contribution >= 0.6 is 11.8 Å². The van der Waals surface area contributed by atoms with E-state index in [2.05, 4.69) is 5.16 Å². The lowest BCUT2D eigenvalue weighted by Gasteiger charge is -2.09. The lowest BCUT2D eigenvalue weighted by molar-refractivity contribution is 0.318. The van der Waals surface area contributed by atoms with Crippen LogP contribution < -0.4 is 5.73 Å². The Balaban J connectivity index is 2.38. The van der Waals surface area contributed by atoms with Crippen LogP contribution in [0.4, 0.5) is 4.39 Å². The van der Waals surface area contributed by atoms with Crippen LogP contribution in [-0.2, 0) is 0 Å². The molecule has 98 valence electrons. The minimum Gasteiger partial charge on any atom is -0.409 e. The van der Waals surface area contributed by atoms with Crippen molar-refractivity contribution in [3.63, 3.8) is 0 Å². The number of halogens is 1. The van der Waals surface area contributed by atoms with Gasteiger partial charge < -0.3 is 10.9 Å². The van der Waals surface area contributed by atoms with E-state index >= 15 is 0 Å². The van der Waals surface area contributed by atoms with Gasteiger partial charge in [-0.25, -0.2) is 4.39 Å². The predicted molar refractivity (Wildman–Crippen MR) is 74.2 cm³/mol. The standard InChI is InChI=1S/C14H13FN2OS/c1-9-2-7-12(14(16)17-18)13(8-9)19-11-5-3-10(15)4-6-11/h2-8,18H,1H3,(H2,16,17). The summed E-state index contributed by atoms with van der Waals surface area (Å²) in [6.07, 6.45) is 0. The Bertz CT molecular complexity index is 611. The Morgan fingerprint density at radius 2 is 1.89 bits per heavy atom. The van der Waals surface area contributed by atoms with E-state index < -0.39 is 0 Å². The summed E-state index contributed by atoms with van der Waals surface area (Å²) < 4.78 is 12.9. The third kappa shape index (κ3) is 3.26. The number of hydrogen-bond donors (Lipinski definition) is 2. The molecule has 0 radical (unpaired) electrons. The minimum atomic E-state index is -0.273. The molecule has 0 aliphatic rings. The van der Waals surface area contributed by atoms with Crippen LogP contribution in [0.3, 0.4) is 0 Å². The maximum atomic E-state index is 12.9. The summed E-state index contributed by atoms with van der Waals surface area (Å²) in [5, 5.41) is 11.8. The summed E-state index contributed by atoms with van der Waals surface area (Å²) in [6, 6.07) is 11.8. The fourth-order valence-corrected chi connectivity index (χ4v) is 2.66. The number of hydrogen-bond acceptors (Lipinski definition) is 3. The first-order valence-corrected chi connectivity index (χ1v) is 6.44. The van der Waals surface area contributed by atoms with E-state index in [0.717, 1.165) is 15.4 Å². The van der Waals surface area contributed by atoms with Crippen molar-refractivity contribution in [3.8, 4) is 0 Å². The first kappa shape index (κ1) is 13.4. The summed E-state index contributed by atoms with van der Waals surface area (Å²) in [5.74, 6) is -0.213. The zero-order valence-electron chi connectivity index (χ0n) is 10.3. The highest BCUT2D eigenvalue weighted by Crippen LogP contribution is 2.31. The van der Waals surface area contributed by atoms with E-state index in [1.165, 1.54) is 23.9 Å². The van der Waals surface area contributed by atoms with Crippen LogP contribution in [-0.4, -0.2) is 11.0 Å². The fourth-order valence-electron chi connectivity index (χ4n) is 1.61. The first-order valence-electron chi connectivity index (χ1n) is 5.62. The average Bonchev–Trinajstić information content (AvgIpc) is 2.41. The number of benzene rings is 2. The van der Waals surface area contributed by atoms with Gasteiger partial charge >= 0.3 is 0 Å². The van der Waals surface area contributed by atoms with Crippen molar-refractivity contribution in [1.29, 1.82) is 0 Å². The van der Waals surface area contributed by atoms with Crippen LogP contribution in [0.25, 0.3) is 0 Å². The number of oxime groups is 1. The molecule has 0 amide bonds. The van der Waals surface area contributed by atoms with Gasteiger partial charge in [-0.05, 0) is 48.9 Å². The molecule has 0 fully saturated rings. The largest absolute Gasteiger partial charge is 0.409 e. The number of amidine groups is 1. The van der Waals surface area contributed by atoms with Gasteiger partial charge in [0.2, 0.25) is 0 Å². The van der Waals surface area contributed by atoms with Crippen LogP contribution in [0.15, 0.2) is 57.4 Å². The van der Waals surface area contributed by atoms with Crippen LogP contribution in [0.2, 0.25) is 0 Å². The molecular formula is C14H13FN2OS. The number of nitrogens with zero attached hydrogens (tertiary/aromatic N) is 1. The van der Waals surface area contributed by atoms with Gasteiger partial charge in [-0.15, -0.1) is 0 Å². The van der Waals surface area contributed by atoms with Crippen molar-refractivity contribution in [3.05, 3.63) is 59.4 Å². The fraction of sp³-hybridized carbons (Fsp3) is 0.0714. The second-order valence-corrected chi connectivity index (χ2v) is 5.16. The van der Waals surface area contributed by atoms with E-state index in [1.54, 1.807) is 18.2 Å². The van der Waals surface area contributed by atoms with Gasteiger partial charge in [0.05, 0.1) is 0 Å².